The first-order chi connectivity index (χ1) is 16.2. The zero-order valence-corrected chi connectivity index (χ0v) is 19.8. The number of hydrogen-bond donors (Lipinski definition) is 1. The van der Waals surface area contributed by atoms with Crippen LogP contribution in [0.5, 0.6) is 5.75 Å². The van der Waals surface area contributed by atoms with Gasteiger partial charge in [-0.25, -0.2) is 0 Å². The lowest BCUT2D eigenvalue weighted by molar-refractivity contribution is -0.274. The Balaban J connectivity index is 1.47. The van der Waals surface area contributed by atoms with Gasteiger partial charge in [0.1, 0.15) is 5.75 Å². The van der Waals surface area contributed by atoms with E-state index in [1.54, 1.807) is 6.07 Å². The maximum atomic E-state index is 12.8. The van der Waals surface area contributed by atoms with E-state index in [2.05, 4.69) is 45.7 Å². The van der Waals surface area contributed by atoms with Crippen molar-refractivity contribution in [3.05, 3.63) is 65.7 Å². The molecule has 2 atom stereocenters. The van der Waals surface area contributed by atoms with Gasteiger partial charge in [0.2, 0.25) is 0 Å². The van der Waals surface area contributed by atoms with Crippen LogP contribution in [0, 0.1) is 0 Å². The smallest absolute Gasteiger partial charge is 0.406 e. The van der Waals surface area contributed by atoms with Gasteiger partial charge in [-0.1, -0.05) is 61.7 Å². The van der Waals surface area contributed by atoms with Gasteiger partial charge < -0.3 is 14.7 Å². The van der Waals surface area contributed by atoms with Crippen molar-refractivity contribution in [3.63, 3.8) is 0 Å². The number of hydrogen-bond acceptors (Lipinski definition) is 4. The number of halogens is 3. The van der Waals surface area contributed by atoms with E-state index >= 15 is 0 Å². The quantitative estimate of drug-likeness (QED) is 0.553. The Bertz CT molecular complexity index is 908. The van der Waals surface area contributed by atoms with Crippen molar-refractivity contribution in [3.8, 4) is 5.75 Å². The Labute approximate surface area is 200 Å². The number of aliphatic hydroxyl groups is 1. The van der Waals surface area contributed by atoms with Gasteiger partial charge in [-0.05, 0) is 43.0 Å². The van der Waals surface area contributed by atoms with Gasteiger partial charge in [0.25, 0.3) is 0 Å². The highest BCUT2D eigenvalue weighted by Gasteiger charge is 2.40. The monoisotopic (exact) mass is 476 g/mol. The van der Waals surface area contributed by atoms with Crippen LogP contribution in [0.4, 0.5) is 13.2 Å². The Morgan fingerprint density at radius 1 is 0.912 bits per heavy atom. The van der Waals surface area contributed by atoms with Crippen molar-refractivity contribution in [2.75, 3.05) is 32.7 Å². The molecule has 2 fully saturated rings. The van der Waals surface area contributed by atoms with Crippen LogP contribution in [0.2, 0.25) is 0 Å². The van der Waals surface area contributed by atoms with Crippen molar-refractivity contribution in [2.45, 2.75) is 63.0 Å². The molecule has 0 amide bonds. The Morgan fingerprint density at radius 2 is 1.56 bits per heavy atom. The molecule has 1 aliphatic carbocycles. The summed E-state index contributed by atoms with van der Waals surface area (Å²) >= 11 is 0. The zero-order chi connectivity index (χ0) is 24.2. The van der Waals surface area contributed by atoms with E-state index < -0.39 is 12.0 Å². The average Bonchev–Trinajstić information content (AvgIpc) is 2.82. The highest BCUT2D eigenvalue weighted by molar-refractivity contribution is 5.33. The Kier molecular flexibility index (Phi) is 7.85. The number of ether oxygens (including phenoxy) is 1. The second-order valence-corrected chi connectivity index (χ2v) is 9.76. The van der Waals surface area contributed by atoms with Gasteiger partial charge in [-0.2, -0.15) is 0 Å². The third kappa shape index (κ3) is 6.32. The van der Waals surface area contributed by atoms with Crippen LogP contribution in [-0.4, -0.2) is 59.6 Å². The molecule has 4 nitrogen and oxygen atoms in total. The fraction of sp³-hybridized carbons (Fsp3) is 0.556. The lowest BCUT2D eigenvalue weighted by Crippen LogP contribution is -2.51. The fourth-order valence-corrected chi connectivity index (χ4v) is 5.56. The molecule has 2 aliphatic rings. The lowest BCUT2D eigenvalue weighted by atomic mass is 9.72. The predicted molar refractivity (Wildman–Crippen MR) is 127 cm³/mol. The first-order valence-corrected chi connectivity index (χ1v) is 12.3. The highest BCUT2D eigenvalue weighted by Crippen LogP contribution is 2.41. The SMILES string of the molecule is CC(c1ccccc1)N1CCN(CC(c2cccc(OC(F)(F)F)c2)C2(O)CCCCC2)CC1. The fourth-order valence-electron chi connectivity index (χ4n) is 5.56. The van der Waals surface area contributed by atoms with Crippen LogP contribution in [-0.2, 0) is 0 Å². The van der Waals surface area contributed by atoms with E-state index in [0.717, 1.165) is 45.4 Å². The largest absolute Gasteiger partial charge is 0.573 e. The molecule has 34 heavy (non-hydrogen) atoms. The number of piperazine rings is 1. The molecule has 2 aromatic rings. The summed E-state index contributed by atoms with van der Waals surface area (Å²) in [5.74, 6) is -0.487. The van der Waals surface area contributed by atoms with Gasteiger partial charge in [0.15, 0.2) is 0 Å². The van der Waals surface area contributed by atoms with Crippen molar-refractivity contribution in [1.29, 1.82) is 0 Å². The molecule has 1 saturated heterocycles. The molecular weight excluding hydrogens is 441 g/mol. The minimum Gasteiger partial charge on any atom is -0.406 e. The Morgan fingerprint density at radius 3 is 2.21 bits per heavy atom. The third-order valence-electron chi connectivity index (χ3n) is 7.54. The molecule has 0 radical (unpaired) electrons. The normalized spacial score (nSPS) is 21.7. The second kappa shape index (κ2) is 10.7. The van der Waals surface area contributed by atoms with Crippen LogP contribution in [0.3, 0.4) is 0 Å². The molecule has 2 aromatic carbocycles. The third-order valence-corrected chi connectivity index (χ3v) is 7.54. The van der Waals surface area contributed by atoms with Gasteiger partial charge >= 0.3 is 6.36 Å². The van der Waals surface area contributed by atoms with Gasteiger partial charge in [-0.3, -0.25) is 4.90 Å². The zero-order valence-electron chi connectivity index (χ0n) is 19.8. The summed E-state index contributed by atoms with van der Waals surface area (Å²) in [6.45, 7) is 6.41. The molecule has 1 heterocycles. The Hall–Kier alpha value is -2.09. The molecule has 7 heteroatoms. The van der Waals surface area contributed by atoms with Crippen molar-refractivity contribution in [2.24, 2.45) is 0 Å². The molecule has 186 valence electrons. The molecule has 4 rings (SSSR count). The number of benzene rings is 2. The topological polar surface area (TPSA) is 35.9 Å². The number of alkyl halides is 3. The summed E-state index contributed by atoms with van der Waals surface area (Å²) in [7, 11) is 0. The van der Waals surface area contributed by atoms with Crippen LogP contribution in [0.25, 0.3) is 0 Å². The van der Waals surface area contributed by atoms with E-state index in [0.29, 0.717) is 31.0 Å². The van der Waals surface area contributed by atoms with Crippen LogP contribution in [0.1, 0.15) is 62.1 Å². The summed E-state index contributed by atoms with van der Waals surface area (Å²) in [6, 6.07) is 17.0. The van der Waals surface area contributed by atoms with Gasteiger partial charge in [0.05, 0.1) is 5.60 Å². The average molecular weight is 477 g/mol. The second-order valence-electron chi connectivity index (χ2n) is 9.76. The minimum atomic E-state index is -4.73. The number of nitrogens with zero attached hydrogens (tertiary/aromatic N) is 2. The van der Waals surface area contributed by atoms with E-state index in [1.165, 1.54) is 17.7 Å². The van der Waals surface area contributed by atoms with E-state index in [4.69, 9.17) is 0 Å². The van der Waals surface area contributed by atoms with Crippen molar-refractivity contribution < 1.29 is 23.0 Å². The van der Waals surface area contributed by atoms with E-state index in [-0.39, 0.29) is 11.7 Å². The van der Waals surface area contributed by atoms with E-state index in [1.807, 2.05) is 12.1 Å². The first-order valence-electron chi connectivity index (χ1n) is 12.3. The standard InChI is InChI=1S/C27H35F3N2O2/c1-21(22-9-4-2-5-10-22)32-17-15-31(16-18-32)20-25(26(33)13-6-3-7-14-26)23-11-8-12-24(19-23)34-27(28,29)30/h2,4-5,8-12,19,21,25,33H,3,6-7,13-18,20H2,1H3. The molecular formula is C27H35F3N2O2. The maximum Gasteiger partial charge on any atom is 0.573 e. The summed E-state index contributed by atoms with van der Waals surface area (Å²) in [5.41, 5.74) is 1.10. The van der Waals surface area contributed by atoms with Crippen molar-refractivity contribution >= 4 is 0 Å². The van der Waals surface area contributed by atoms with Crippen LogP contribution in [0.15, 0.2) is 54.6 Å². The highest BCUT2D eigenvalue weighted by atomic mass is 19.4. The molecule has 1 N–H and O–H groups in total. The molecule has 1 saturated carbocycles. The van der Waals surface area contributed by atoms with Gasteiger partial charge in [0, 0.05) is 44.7 Å². The van der Waals surface area contributed by atoms with Crippen molar-refractivity contribution in [1.82, 2.24) is 9.80 Å². The molecule has 0 spiro atoms. The number of rotatable bonds is 7. The van der Waals surface area contributed by atoms with Crippen LogP contribution >= 0.6 is 0 Å². The summed E-state index contributed by atoms with van der Waals surface area (Å²) < 4.78 is 42.6. The molecule has 0 aromatic heterocycles. The molecule has 1 aliphatic heterocycles. The summed E-state index contributed by atoms with van der Waals surface area (Å²) in [5, 5.41) is 11.6. The maximum absolute atomic E-state index is 12.8. The molecule has 0 bridgehead atoms. The summed E-state index contributed by atoms with van der Waals surface area (Å²) in [6.07, 6.45) is -0.424. The predicted octanol–water partition coefficient (Wildman–Crippen LogP) is 5.74. The lowest BCUT2D eigenvalue weighted by Gasteiger charge is -2.44. The summed E-state index contributed by atoms with van der Waals surface area (Å²) in [4.78, 5) is 4.82. The first kappa shape index (κ1) is 25.0. The molecule has 2 unspecified atom stereocenters. The van der Waals surface area contributed by atoms with Gasteiger partial charge in [-0.15, -0.1) is 13.2 Å². The van der Waals surface area contributed by atoms with E-state index in [9.17, 15) is 18.3 Å². The van der Waals surface area contributed by atoms with Crippen LogP contribution < -0.4 is 4.74 Å². The minimum absolute atomic E-state index is 0.226.